The maximum absolute atomic E-state index is 11.3. The Kier molecular flexibility index (Phi) is 4.13. The Balaban J connectivity index is 2.12. The molecule has 6 nitrogen and oxygen atoms in total. The first-order chi connectivity index (χ1) is 8.58. The summed E-state index contributed by atoms with van der Waals surface area (Å²) in [7, 11) is 0. The largest absolute Gasteiger partial charge is 0.480 e. The molecule has 0 radical (unpaired) electrons. The van der Waals surface area contributed by atoms with E-state index in [1.807, 2.05) is 0 Å². The summed E-state index contributed by atoms with van der Waals surface area (Å²) in [5.74, 6) is -0.529. The fraction of sp³-hybridized carbons (Fsp3) is 0.636. The molecule has 0 aliphatic heterocycles. The van der Waals surface area contributed by atoms with E-state index < -0.39 is 23.1 Å². The van der Waals surface area contributed by atoms with Gasteiger partial charge in [0.1, 0.15) is 10.9 Å². The van der Waals surface area contributed by atoms with Crippen LogP contribution >= 0.6 is 0 Å². The summed E-state index contributed by atoms with van der Waals surface area (Å²) in [5.41, 5.74) is 0. The molecular formula is C11H16N2O4S. The van der Waals surface area contributed by atoms with E-state index in [-0.39, 0.29) is 4.90 Å². The second-order valence-electron chi connectivity index (χ2n) is 4.65. The molecule has 0 aromatic carbocycles. The van der Waals surface area contributed by atoms with E-state index in [0.29, 0.717) is 12.3 Å². The first-order valence-corrected chi connectivity index (χ1v) is 7.06. The van der Waals surface area contributed by atoms with E-state index in [4.69, 9.17) is 4.55 Å². The molecule has 1 heterocycles. The van der Waals surface area contributed by atoms with Gasteiger partial charge in [-0.05, 0) is 12.3 Å². The minimum Gasteiger partial charge on any atom is -0.480 e. The van der Waals surface area contributed by atoms with E-state index in [1.165, 1.54) is 17.1 Å². The van der Waals surface area contributed by atoms with Gasteiger partial charge in [-0.1, -0.05) is 25.7 Å². The molecule has 0 bridgehead atoms. The first-order valence-electron chi connectivity index (χ1n) is 5.95. The van der Waals surface area contributed by atoms with Crippen LogP contribution in [0.4, 0.5) is 0 Å². The number of hydrogen-bond acceptors (Lipinski definition) is 3. The van der Waals surface area contributed by atoms with Crippen LogP contribution in [-0.4, -0.2) is 29.6 Å². The molecular weight excluding hydrogens is 256 g/mol. The molecule has 2 rings (SSSR count). The molecule has 0 amide bonds. The van der Waals surface area contributed by atoms with Gasteiger partial charge in [0.2, 0.25) is 0 Å². The summed E-state index contributed by atoms with van der Waals surface area (Å²) in [6, 6.07) is -0.745. The molecule has 1 aliphatic carbocycles. The standard InChI is InChI=1S/C11H16N2O4S/c14-11(15)10(5-8-3-1-2-4-8)13-7-9(6-12-13)18(16)17/h6-8,10H,1-5H2,(H,14,15)(H,16,17). The molecule has 100 valence electrons. The Morgan fingerprint density at radius 1 is 1.56 bits per heavy atom. The van der Waals surface area contributed by atoms with Crippen LogP contribution in [0.25, 0.3) is 0 Å². The number of carboxylic acids is 1. The van der Waals surface area contributed by atoms with Crippen molar-refractivity contribution in [2.24, 2.45) is 5.92 Å². The van der Waals surface area contributed by atoms with E-state index in [2.05, 4.69) is 5.10 Å². The zero-order chi connectivity index (χ0) is 13.1. The van der Waals surface area contributed by atoms with Crippen molar-refractivity contribution in [2.45, 2.75) is 43.0 Å². The van der Waals surface area contributed by atoms with Gasteiger partial charge in [0.25, 0.3) is 0 Å². The molecule has 1 aliphatic rings. The van der Waals surface area contributed by atoms with Gasteiger partial charge in [-0.15, -0.1) is 0 Å². The van der Waals surface area contributed by atoms with Crippen LogP contribution in [0.15, 0.2) is 17.3 Å². The van der Waals surface area contributed by atoms with Gasteiger partial charge in [-0.3, -0.25) is 4.68 Å². The highest BCUT2D eigenvalue weighted by Gasteiger charge is 2.27. The summed E-state index contributed by atoms with van der Waals surface area (Å²) >= 11 is -2.12. The summed E-state index contributed by atoms with van der Waals surface area (Å²) < 4.78 is 21.1. The number of aliphatic carboxylic acids is 1. The van der Waals surface area contributed by atoms with Crippen LogP contribution in [-0.2, 0) is 15.9 Å². The smallest absolute Gasteiger partial charge is 0.328 e. The van der Waals surface area contributed by atoms with Crippen LogP contribution in [0, 0.1) is 5.92 Å². The predicted molar refractivity (Wildman–Crippen MR) is 64.5 cm³/mol. The van der Waals surface area contributed by atoms with Gasteiger partial charge in [-0.2, -0.15) is 5.10 Å². The van der Waals surface area contributed by atoms with Crippen molar-refractivity contribution in [1.82, 2.24) is 9.78 Å². The van der Waals surface area contributed by atoms with Crippen molar-refractivity contribution < 1.29 is 18.7 Å². The molecule has 2 unspecified atom stereocenters. The van der Waals surface area contributed by atoms with Crippen molar-refractivity contribution in [3.05, 3.63) is 12.4 Å². The van der Waals surface area contributed by atoms with E-state index in [1.54, 1.807) is 0 Å². The number of rotatable bonds is 5. The van der Waals surface area contributed by atoms with E-state index >= 15 is 0 Å². The molecule has 1 saturated carbocycles. The number of nitrogens with zero attached hydrogens (tertiary/aromatic N) is 2. The molecule has 2 atom stereocenters. The molecule has 0 saturated heterocycles. The van der Waals surface area contributed by atoms with E-state index in [0.717, 1.165) is 25.7 Å². The topological polar surface area (TPSA) is 92.4 Å². The van der Waals surface area contributed by atoms with Crippen LogP contribution in [0.1, 0.15) is 38.1 Å². The Morgan fingerprint density at radius 2 is 2.22 bits per heavy atom. The summed E-state index contributed by atoms with van der Waals surface area (Å²) in [4.78, 5) is 11.4. The van der Waals surface area contributed by atoms with Crippen molar-refractivity contribution in [1.29, 1.82) is 0 Å². The van der Waals surface area contributed by atoms with Gasteiger partial charge >= 0.3 is 5.97 Å². The van der Waals surface area contributed by atoms with Crippen molar-refractivity contribution >= 4 is 17.0 Å². The van der Waals surface area contributed by atoms with Crippen LogP contribution < -0.4 is 0 Å². The van der Waals surface area contributed by atoms with Gasteiger partial charge in [0, 0.05) is 6.20 Å². The average molecular weight is 272 g/mol. The lowest BCUT2D eigenvalue weighted by atomic mass is 9.98. The SMILES string of the molecule is O=C(O)C(CC1CCCC1)n1cc(S(=O)O)cn1. The molecule has 7 heteroatoms. The number of hydrogen-bond donors (Lipinski definition) is 2. The number of carbonyl (C=O) groups is 1. The summed E-state index contributed by atoms with van der Waals surface area (Å²) in [6.45, 7) is 0. The van der Waals surface area contributed by atoms with Gasteiger partial charge < -0.3 is 9.66 Å². The van der Waals surface area contributed by atoms with Gasteiger partial charge in [0.05, 0.1) is 6.20 Å². The zero-order valence-electron chi connectivity index (χ0n) is 9.86. The predicted octanol–water partition coefficient (Wildman–Crippen LogP) is 1.67. The highest BCUT2D eigenvalue weighted by molar-refractivity contribution is 7.79. The fourth-order valence-corrected chi connectivity index (χ4v) is 2.80. The third-order valence-corrected chi connectivity index (χ3v) is 4.03. The Labute approximate surface area is 107 Å². The Hall–Kier alpha value is -1.21. The minimum atomic E-state index is -2.12. The second-order valence-corrected chi connectivity index (χ2v) is 5.62. The Bertz CT molecular complexity index is 454. The van der Waals surface area contributed by atoms with E-state index in [9.17, 15) is 14.1 Å². The quantitative estimate of drug-likeness (QED) is 0.795. The average Bonchev–Trinajstić information content (AvgIpc) is 2.96. The third kappa shape index (κ3) is 2.97. The molecule has 18 heavy (non-hydrogen) atoms. The monoisotopic (exact) mass is 272 g/mol. The molecule has 1 fully saturated rings. The maximum atomic E-state index is 11.3. The van der Waals surface area contributed by atoms with Crippen molar-refractivity contribution in [3.63, 3.8) is 0 Å². The summed E-state index contributed by atoms with van der Waals surface area (Å²) in [6.07, 6.45) is 7.54. The van der Waals surface area contributed by atoms with Crippen molar-refractivity contribution in [3.8, 4) is 0 Å². The van der Waals surface area contributed by atoms with Crippen LogP contribution in [0.5, 0.6) is 0 Å². The Morgan fingerprint density at radius 3 is 2.72 bits per heavy atom. The molecule has 0 spiro atoms. The zero-order valence-corrected chi connectivity index (χ0v) is 10.7. The lowest BCUT2D eigenvalue weighted by Gasteiger charge is -2.16. The normalized spacial score (nSPS) is 19.8. The summed E-state index contributed by atoms with van der Waals surface area (Å²) in [5, 5.41) is 13.1. The second kappa shape index (κ2) is 5.62. The number of aromatic nitrogens is 2. The van der Waals surface area contributed by atoms with Crippen molar-refractivity contribution in [2.75, 3.05) is 0 Å². The van der Waals surface area contributed by atoms with Crippen LogP contribution in [0.3, 0.4) is 0 Å². The molecule has 2 N–H and O–H groups in total. The minimum absolute atomic E-state index is 0.132. The first kappa shape index (κ1) is 13.2. The highest BCUT2D eigenvalue weighted by Crippen LogP contribution is 2.32. The van der Waals surface area contributed by atoms with Crippen LogP contribution in [0.2, 0.25) is 0 Å². The lowest BCUT2D eigenvalue weighted by molar-refractivity contribution is -0.141. The highest BCUT2D eigenvalue weighted by atomic mass is 32.2. The van der Waals surface area contributed by atoms with Gasteiger partial charge in [-0.25, -0.2) is 9.00 Å². The molecule has 1 aromatic rings. The molecule has 1 aromatic heterocycles. The van der Waals surface area contributed by atoms with Gasteiger partial charge in [0.15, 0.2) is 11.1 Å². The number of carboxylic acid groups (broad SMARTS) is 1. The fourth-order valence-electron chi connectivity index (χ4n) is 2.46. The maximum Gasteiger partial charge on any atom is 0.328 e. The lowest BCUT2D eigenvalue weighted by Crippen LogP contribution is -2.22. The third-order valence-electron chi connectivity index (χ3n) is 3.42.